The van der Waals surface area contributed by atoms with E-state index in [9.17, 15) is 17.6 Å². The second-order valence-electron chi connectivity index (χ2n) is 6.50. The van der Waals surface area contributed by atoms with Crippen molar-refractivity contribution in [1.82, 2.24) is 5.32 Å². The minimum Gasteiger partial charge on any atom is -0.349 e. The minimum absolute atomic E-state index is 0.285. The van der Waals surface area contributed by atoms with E-state index in [-0.39, 0.29) is 17.4 Å². The van der Waals surface area contributed by atoms with Crippen LogP contribution in [-0.4, -0.2) is 24.8 Å². The van der Waals surface area contributed by atoms with E-state index in [2.05, 4.69) is 5.32 Å². The molecule has 1 aliphatic rings. The van der Waals surface area contributed by atoms with E-state index in [1.165, 1.54) is 17.5 Å². The third-order valence-corrected chi connectivity index (χ3v) is 4.77. The van der Waals surface area contributed by atoms with Crippen molar-refractivity contribution >= 4 is 17.6 Å². The van der Waals surface area contributed by atoms with Crippen LogP contribution in [0.4, 0.5) is 17.6 Å². The quantitative estimate of drug-likeness (QED) is 0.555. The zero-order chi connectivity index (χ0) is 20.3. The summed E-state index contributed by atoms with van der Waals surface area (Å²) in [6.07, 6.45) is -5.90. The highest BCUT2D eigenvalue weighted by Crippen LogP contribution is 2.34. The molecule has 1 saturated heterocycles. The van der Waals surface area contributed by atoms with E-state index in [0.717, 1.165) is 17.7 Å². The fourth-order valence-electron chi connectivity index (χ4n) is 3.07. The van der Waals surface area contributed by atoms with Crippen molar-refractivity contribution in [1.29, 1.82) is 0 Å². The average molecular weight is 413 g/mol. The van der Waals surface area contributed by atoms with Crippen LogP contribution in [0.1, 0.15) is 41.3 Å². The lowest BCUT2D eigenvalue weighted by Crippen LogP contribution is -2.43. The van der Waals surface area contributed by atoms with Gasteiger partial charge in [-0.1, -0.05) is 24.4 Å². The van der Waals surface area contributed by atoms with Crippen LogP contribution in [0.15, 0.2) is 42.5 Å². The maximum absolute atomic E-state index is 13.2. The number of benzene rings is 2. The van der Waals surface area contributed by atoms with Crippen molar-refractivity contribution in [2.24, 2.45) is 0 Å². The van der Waals surface area contributed by atoms with Gasteiger partial charge in [0.15, 0.2) is 6.29 Å². The van der Waals surface area contributed by atoms with E-state index in [4.69, 9.17) is 21.7 Å². The highest BCUT2D eigenvalue weighted by atomic mass is 32.1. The van der Waals surface area contributed by atoms with Gasteiger partial charge in [0.25, 0.3) is 0 Å². The number of ether oxygens (including phenoxy) is 2. The number of thiocarbonyl (C=S) groups is 1. The summed E-state index contributed by atoms with van der Waals surface area (Å²) in [6.45, 7) is 2.63. The van der Waals surface area contributed by atoms with E-state index < -0.39 is 24.1 Å². The summed E-state index contributed by atoms with van der Waals surface area (Å²) in [5.74, 6) is -0.358. The summed E-state index contributed by atoms with van der Waals surface area (Å²) in [5.41, 5.74) is 0.613. The monoisotopic (exact) mass is 413 g/mol. The Bertz CT molecular complexity index is 826. The van der Waals surface area contributed by atoms with Gasteiger partial charge in [-0.05, 0) is 53.9 Å². The predicted octanol–water partition coefficient (Wildman–Crippen LogP) is 4.96. The molecule has 3 atom stereocenters. The van der Waals surface area contributed by atoms with Gasteiger partial charge in [0.05, 0.1) is 24.3 Å². The Labute approximate surface area is 165 Å². The molecule has 1 heterocycles. The van der Waals surface area contributed by atoms with Crippen LogP contribution in [-0.2, 0) is 15.7 Å². The molecular formula is C20H19F4NO2S. The lowest BCUT2D eigenvalue weighted by Gasteiger charge is -2.34. The van der Waals surface area contributed by atoms with E-state index >= 15 is 0 Å². The number of alkyl halides is 3. The molecule has 0 unspecified atom stereocenters. The summed E-state index contributed by atoms with van der Waals surface area (Å²) >= 11 is 4.80. The topological polar surface area (TPSA) is 30.5 Å². The van der Waals surface area contributed by atoms with Crippen LogP contribution in [0, 0.1) is 5.82 Å². The molecule has 0 aliphatic carbocycles. The highest BCUT2D eigenvalue weighted by molar-refractivity contribution is 7.79. The standard InChI is InChI=1S/C20H19F4NO2S/c1-12(15-8-13(11-28)9-16(10-15)20(22,23)24)27-19-18(25-6-7-26-19)14-2-4-17(21)5-3-14/h2-5,8-12,18-19,25H,6-7H2,1H3/t12-,18+,19-/m1/s1. The summed E-state index contributed by atoms with van der Waals surface area (Å²) < 4.78 is 64.3. The summed E-state index contributed by atoms with van der Waals surface area (Å²) in [6, 6.07) is 9.17. The molecule has 2 aromatic carbocycles. The number of rotatable bonds is 5. The second kappa shape index (κ2) is 8.65. The molecule has 0 saturated carbocycles. The zero-order valence-electron chi connectivity index (χ0n) is 15.0. The SMILES string of the molecule is C[C@@H](O[C@H]1OCCN[C@H]1c1ccc(F)cc1)c1cc(C=S)cc(C(F)(F)F)c1. The number of halogens is 4. The Morgan fingerprint density at radius 3 is 2.57 bits per heavy atom. The number of morpholine rings is 1. The number of hydrogen-bond donors (Lipinski definition) is 1. The molecule has 3 rings (SSSR count). The van der Waals surface area contributed by atoms with Gasteiger partial charge in [0.2, 0.25) is 0 Å². The molecule has 0 spiro atoms. The van der Waals surface area contributed by atoms with E-state index in [0.29, 0.717) is 18.7 Å². The van der Waals surface area contributed by atoms with Gasteiger partial charge in [-0.2, -0.15) is 13.2 Å². The predicted molar refractivity (Wildman–Crippen MR) is 101 cm³/mol. The van der Waals surface area contributed by atoms with Crippen molar-refractivity contribution in [2.45, 2.75) is 31.5 Å². The second-order valence-corrected chi connectivity index (χ2v) is 6.74. The molecule has 0 amide bonds. The molecule has 1 aliphatic heterocycles. The molecule has 3 nitrogen and oxygen atoms in total. The number of hydrogen-bond acceptors (Lipinski definition) is 4. The molecule has 8 heteroatoms. The summed E-state index contributed by atoms with van der Waals surface area (Å²) in [7, 11) is 0. The largest absolute Gasteiger partial charge is 0.416 e. The van der Waals surface area contributed by atoms with Crippen LogP contribution in [0.2, 0.25) is 0 Å². The Morgan fingerprint density at radius 2 is 1.93 bits per heavy atom. The highest BCUT2D eigenvalue weighted by Gasteiger charge is 2.33. The Kier molecular flexibility index (Phi) is 6.44. The molecule has 28 heavy (non-hydrogen) atoms. The smallest absolute Gasteiger partial charge is 0.349 e. The normalized spacial score (nSPS) is 21.3. The van der Waals surface area contributed by atoms with Gasteiger partial charge < -0.3 is 14.8 Å². The van der Waals surface area contributed by atoms with Gasteiger partial charge in [0, 0.05) is 11.9 Å². The fraction of sp³-hybridized carbons (Fsp3) is 0.350. The first-order valence-corrected chi connectivity index (χ1v) is 9.18. The first-order valence-electron chi connectivity index (χ1n) is 8.71. The minimum atomic E-state index is -4.48. The molecule has 1 N–H and O–H groups in total. The van der Waals surface area contributed by atoms with Crippen LogP contribution in [0.25, 0.3) is 0 Å². The summed E-state index contributed by atoms with van der Waals surface area (Å²) in [4.78, 5) is 0. The lowest BCUT2D eigenvalue weighted by atomic mass is 10.0. The first kappa shape index (κ1) is 20.9. The van der Waals surface area contributed by atoms with E-state index in [1.54, 1.807) is 25.1 Å². The van der Waals surface area contributed by atoms with Gasteiger partial charge in [-0.15, -0.1) is 0 Å². The lowest BCUT2D eigenvalue weighted by molar-refractivity contribution is -0.200. The molecule has 0 aromatic heterocycles. The maximum Gasteiger partial charge on any atom is 0.416 e. The molecule has 0 radical (unpaired) electrons. The van der Waals surface area contributed by atoms with Crippen molar-refractivity contribution in [3.05, 3.63) is 70.5 Å². The maximum atomic E-state index is 13.2. The molecule has 0 bridgehead atoms. The molecular weight excluding hydrogens is 394 g/mol. The Balaban J connectivity index is 1.83. The fourth-order valence-corrected chi connectivity index (χ4v) is 3.20. The summed E-state index contributed by atoms with van der Waals surface area (Å²) in [5, 5.41) is 4.44. The van der Waals surface area contributed by atoms with Gasteiger partial charge in [-0.25, -0.2) is 4.39 Å². The molecule has 150 valence electrons. The van der Waals surface area contributed by atoms with Crippen molar-refractivity contribution in [3.63, 3.8) is 0 Å². The van der Waals surface area contributed by atoms with Gasteiger partial charge in [0.1, 0.15) is 5.82 Å². The van der Waals surface area contributed by atoms with E-state index in [1.807, 2.05) is 0 Å². The molecule has 2 aromatic rings. The van der Waals surface area contributed by atoms with Gasteiger partial charge >= 0.3 is 6.18 Å². The van der Waals surface area contributed by atoms with Crippen LogP contribution in [0.5, 0.6) is 0 Å². The van der Waals surface area contributed by atoms with Crippen LogP contribution >= 0.6 is 12.2 Å². The molecule has 1 fully saturated rings. The Hall–Kier alpha value is -1.87. The van der Waals surface area contributed by atoms with Gasteiger partial charge in [-0.3, -0.25) is 0 Å². The first-order chi connectivity index (χ1) is 13.3. The number of nitrogens with one attached hydrogen (secondary N) is 1. The third-order valence-electron chi connectivity index (χ3n) is 4.50. The zero-order valence-corrected chi connectivity index (χ0v) is 15.8. The van der Waals surface area contributed by atoms with Crippen LogP contribution < -0.4 is 5.32 Å². The average Bonchev–Trinajstić information content (AvgIpc) is 2.68. The van der Waals surface area contributed by atoms with Crippen LogP contribution in [0.3, 0.4) is 0 Å². The third kappa shape index (κ3) is 4.94. The Morgan fingerprint density at radius 1 is 1.21 bits per heavy atom. The van der Waals surface area contributed by atoms with Crippen molar-refractivity contribution < 1.29 is 27.0 Å². The van der Waals surface area contributed by atoms with Crippen molar-refractivity contribution in [2.75, 3.05) is 13.2 Å². The van der Waals surface area contributed by atoms with Crippen molar-refractivity contribution in [3.8, 4) is 0 Å².